The van der Waals surface area contributed by atoms with Gasteiger partial charge < -0.3 is 0 Å². The standard InChI is InChI=1S/C18H22N2/c19-20-18(12-14-6-2-1-3-7-14)17-11-10-15-8-4-5-9-16(15)13-17/h1-9,17-18,20H,10-13,19H2. The maximum atomic E-state index is 5.82. The van der Waals surface area contributed by atoms with Gasteiger partial charge in [0.25, 0.3) is 0 Å². The third kappa shape index (κ3) is 2.92. The van der Waals surface area contributed by atoms with Crippen molar-refractivity contribution in [1.29, 1.82) is 0 Å². The summed E-state index contributed by atoms with van der Waals surface area (Å²) in [6.45, 7) is 0. The Morgan fingerprint density at radius 3 is 2.45 bits per heavy atom. The van der Waals surface area contributed by atoms with Crippen molar-refractivity contribution in [3.05, 3.63) is 71.3 Å². The lowest BCUT2D eigenvalue weighted by molar-refractivity contribution is 0.321. The largest absolute Gasteiger partial charge is 0.271 e. The molecule has 2 heteroatoms. The van der Waals surface area contributed by atoms with Crippen molar-refractivity contribution in [2.45, 2.75) is 31.7 Å². The minimum absolute atomic E-state index is 0.353. The van der Waals surface area contributed by atoms with Crippen molar-refractivity contribution in [1.82, 2.24) is 5.43 Å². The van der Waals surface area contributed by atoms with Crippen LogP contribution in [0.15, 0.2) is 54.6 Å². The molecule has 0 fully saturated rings. The summed E-state index contributed by atoms with van der Waals surface area (Å²) in [5.74, 6) is 6.44. The van der Waals surface area contributed by atoms with Crippen LogP contribution in [0.5, 0.6) is 0 Å². The van der Waals surface area contributed by atoms with Crippen LogP contribution < -0.4 is 11.3 Å². The van der Waals surface area contributed by atoms with Crippen molar-refractivity contribution in [2.75, 3.05) is 0 Å². The molecule has 2 aromatic carbocycles. The van der Waals surface area contributed by atoms with E-state index >= 15 is 0 Å². The molecule has 2 aromatic rings. The van der Waals surface area contributed by atoms with E-state index in [-0.39, 0.29) is 0 Å². The van der Waals surface area contributed by atoms with Crippen LogP contribution in [0.2, 0.25) is 0 Å². The number of hydrazine groups is 1. The van der Waals surface area contributed by atoms with Gasteiger partial charge in [0.1, 0.15) is 0 Å². The van der Waals surface area contributed by atoms with E-state index in [1.54, 1.807) is 0 Å². The lowest BCUT2D eigenvalue weighted by atomic mass is 9.78. The van der Waals surface area contributed by atoms with Crippen molar-refractivity contribution >= 4 is 0 Å². The van der Waals surface area contributed by atoms with Gasteiger partial charge in [0, 0.05) is 6.04 Å². The predicted octanol–water partition coefficient (Wildman–Crippen LogP) is 2.87. The summed E-state index contributed by atoms with van der Waals surface area (Å²) in [6.07, 6.45) is 4.54. The molecule has 1 aliphatic rings. The molecule has 3 rings (SSSR count). The van der Waals surface area contributed by atoms with Gasteiger partial charge in [0.2, 0.25) is 0 Å². The van der Waals surface area contributed by atoms with Gasteiger partial charge in [-0.3, -0.25) is 11.3 Å². The van der Waals surface area contributed by atoms with E-state index in [0.29, 0.717) is 12.0 Å². The summed E-state index contributed by atoms with van der Waals surface area (Å²) < 4.78 is 0. The monoisotopic (exact) mass is 266 g/mol. The first-order chi connectivity index (χ1) is 9.86. The summed E-state index contributed by atoms with van der Waals surface area (Å²) in [6, 6.07) is 19.8. The molecular formula is C18H22N2. The van der Waals surface area contributed by atoms with Gasteiger partial charge >= 0.3 is 0 Å². The zero-order valence-corrected chi connectivity index (χ0v) is 11.8. The molecule has 3 N–H and O–H groups in total. The lowest BCUT2D eigenvalue weighted by Crippen LogP contribution is -2.44. The fraction of sp³-hybridized carbons (Fsp3) is 0.333. The first-order valence-electron chi connectivity index (χ1n) is 7.43. The number of nitrogens with two attached hydrogens (primary N) is 1. The highest BCUT2D eigenvalue weighted by Crippen LogP contribution is 2.28. The second-order valence-corrected chi connectivity index (χ2v) is 5.73. The minimum Gasteiger partial charge on any atom is -0.271 e. The van der Waals surface area contributed by atoms with E-state index in [0.717, 1.165) is 12.8 Å². The molecule has 0 bridgehead atoms. The van der Waals surface area contributed by atoms with E-state index in [9.17, 15) is 0 Å². The molecule has 1 aliphatic carbocycles. The van der Waals surface area contributed by atoms with E-state index < -0.39 is 0 Å². The van der Waals surface area contributed by atoms with Gasteiger partial charge in [0.05, 0.1) is 0 Å². The summed E-state index contributed by atoms with van der Waals surface area (Å²) >= 11 is 0. The first kappa shape index (κ1) is 13.3. The van der Waals surface area contributed by atoms with E-state index in [2.05, 4.69) is 60.0 Å². The van der Waals surface area contributed by atoms with Crippen LogP contribution in [0.1, 0.15) is 23.1 Å². The van der Waals surface area contributed by atoms with Gasteiger partial charge in [-0.2, -0.15) is 0 Å². The van der Waals surface area contributed by atoms with E-state index in [4.69, 9.17) is 5.84 Å². The lowest BCUT2D eigenvalue weighted by Gasteiger charge is -2.31. The fourth-order valence-corrected chi connectivity index (χ4v) is 3.30. The Labute approximate surface area is 121 Å². The number of benzene rings is 2. The number of nitrogens with one attached hydrogen (secondary N) is 1. The molecule has 104 valence electrons. The van der Waals surface area contributed by atoms with Crippen molar-refractivity contribution in [2.24, 2.45) is 11.8 Å². The molecule has 2 nitrogen and oxygen atoms in total. The normalized spacial score (nSPS) is 19.4. The Balaban J connectivity index is 1.72. The van der Waals surface area contributed by atoms with Gasteiger partial charge in [-0.25, -0.2) is 0 Å². The van der Waals surface area contributed by atoms with Crippen molar-refractivity contribution in [3.8, 4) is 0 Å². The highest BCUT2D eigenvalue weighted by atomic mass is 15.2. The fourth-order valence-electron chi connectivity index (χ4n) is 3.30. The van der Waals surface area contributed by atoms with Gasteiger partial charge in [-0.1, -0.05) is 54.6 Å². The van der Waals surface area contributed by atoms with Crippen molar-refractivity contribution < 1.29 is 0 Å². The average Bonchev–Trinajstić information content (AvgIpc) is 2.53. The Kier molecular flexibility index (Phi) is 4.14. The maximum Gasteiger partial charge on any atom is 0.0282 e. The van der Waals surface area contributed by atoms with Crippen LogP contribution in [-0.2, 0) is 19.3 Å². The zero-order chi connectivity index (χ0) is 13.8. The second-order valence-electron chi connectivity index (χ2n) is 5.73. The summed E-state index contributed by atoms with van der Waals surface area (Å²) in [7, 11) is 0. The molecule has 0 aliphatic heterocycles. The number of aryl methyl sites for hydroxylation is 1. The molecule has 0 radical (unpaired) electrons. The van der Waals surface area contributed by atoms with Crippen LogP contribution in [0, 0.1) is 5.92 Å². The molecule has 0 spiro atoms. The molecule has 20 heavy (non-hydrogen) atoms. The Morgan fingerprint density at radius 1 is 1.00 bits per heavy atom. The summed E-state index contributed by atoms with van der Waals surface area (Å²) in [4.78, 5) is 0. The Morgan fingerprint density at radius 2 is 1.70 bits per heavy atom. The number of fused-ring (bicyclic) bond motifs is 1. The van der Waals surface area contributed by atoms with Crippen molar-refractivity contribution in [3.63, 3.8) is 0 Å². The Bertz CT molecular complexity index is 550. The van der Waals surface area contributed by atoms with Gasteiger partial charge in [-0.15, -0.1) is 0 Å². The number of hydrogen-bond acceptors (Lipinski definition) is 2. The third-order valence-electron chi connectivity index (χ3n) is 4.47. The summed E-state index contributed by atoms with van der Waals surface area (Å²) in [5.41, 5.74) is 7.42. The second kappa shape index (κ2) is 6.21. The molecule has 2 unspecified atom stereocenters. The van der Waals surface area contributed by atoms with Gasteiger partial charge in [0.15, 0.2) is 0 Å². The van der Waals surface area contributed by atoms with E-state index in [1.165, 1.54) is 29.5 Å². The average molecular weight is 266 g/mol. The van der Waals surface area contributed by atoms with Crippen LogP contribution in [0.25, 0.3) is 0 Å². The van der Waals surface area contributed by atoms with Gasteiger partial charge in [-0.05, 0) is 48.3 Å². The molecule has 2 atom stereocenters. The van der Waals surface area contributed by atoms with Crippen LogP contribution >= 0.6 is 0 Å². The molecule has 0 aromatic heterocycles. The van der Waals surface area contributed by atoms with Crippen LogP contribution in [-0.4, -0.2) is 6.04 Å². The smallest absolute Gasteiger partial charge is 0.0282 e. The first-order valence-corrected chi connectivity index (χ1v) is 7.43. The highest BCUT2D eigenvalue weighted by molar-refractivity contribution is 5.30. The van der Waals surface area contributed by atoms with Crippen LogP contribution in [0.3, 0.4) is 0 Å². The SMILES string of the molecule is NNC(Cc1ccccc1)C1CCc2ccccc2C1. The van der Waals surface area contributed by atoms with E-state index in [1.807, 2.05) is 0 Å². The molecule has 0 heterocycles. The molecule has 0 amide bonds. The Hall–Kier alpha value is -1.64. The summed E-state index contributed by atoms with van der Waals surface area (Å²) in [5, 5.41) is 0. The maximum absolute atomic E-state index is 5.82. The minimum atomic E-state index is 0.353. The number of rotatable bonds is 4. The zero-order valence-electron chi connectivity index (χ0n) is 11.8. The molecule has 0 saturated heterocycles. The third-order valence-corrected chi connectivity index (χ3v) is 4.47. The topological polar surface area (TPSA) is 38.0 Å². The molecule has 0 saturated carbocycles. The quantitative estimate of drug-likeness (QED) is 0.659. The van der Waals surface area contributed by atoms with Crippen LogP contribution in [0.4, 0.5) is 0 Å². The number of hydrogen-bond donors (Lipinski definition) is 2. The predicted molar refractivity (Wildman–Crippen MR) is 83.2 cm³/mol. The highest BCUT2D eigenvalue weighted by Gasteiger charge is 2.25. The molecular weight excluding hydrogens is 244 g/mol.